The van der Waals surface area contributed by atoms with Gasteiger partial charge in [-0.25, -0.2) is 4.79 Å². The van der Waals surface area contributed by atoms with Crippen LogP contribution >= 0.6 is 0 Å². The highest BCUT2D eigenvalue weighted by Gasteiger charge is 2.25. The first-order valence-electron chi connectivity index (χ1n) is 9.86. The summed E-state index contributed by atoms with van der Waals surface area (Å²) in [5.74, 6) is -1.47. The van der Waals surface area contributed by atoms with E-state index in [0.717, 1.165) is 11.1 Å². The minimum atomic E-state index is -0.966. The number of esters is 1. The van der Waals surface area contributed by atoms with E-state index in [9.17, 15) is 14.4 Å². The van der Waals surface area contributed by atoms with E-state index < -0.39 is 24.5 Å². The van der Waals surface area contributed by atoms with Gasteiger partial charge in [-0.3, -0.25) is 9.59 Å². The second kappa shape index (κ2) is 10.8. The lowest BCUT2D eigenvalue weighted by Gasteiger charge is -2.20. The van der Waals surface area contributed by atoms with Crippen molar-refractivity contribution in [2.24, 2.45) is 0 Å². The third kappa shape index (κ3) is 6.57. The quantitative estimate of drug-likeness (QED) is 0.538. The van der Waals surface area contributed by atoms with E-state index in [1.165, 1.54) is 17.2 Å². The zero-order valence-electron chi connectivity index (χ0n) is 17.2. The van der Waals surface area contributed by atoms with Crippen molar-refractivity contribution in [2.75, 3.05) is 13.7 Å². The van der Waals surface area contributed by atoms with E-state index in [1.807, 2.05) is 60.7 Å². The summed E-state index contributed by atoms with van der Waals surface area (Å²) in [4.78, 5) is 38.9. The molecule has 3 aromatic rings. The second-order valence-electron chi connectivity index (χ2n) is 7.04. The molecule has 0 spiro atoms. The molecule has 0 saturated carbocycles. The fourth-order valence-electron chi connectivity index (χ4n) is 2.97. The van der Waals surface area contributed by atoms with Crippen LogP contribution in [0.15, 0.2) is 83.5 Å². The monoisotopic (exact) mass is 420 g/mol. The number of amides is 2. The van der Waals surface area contributed by atoms with Gasteiger partial charge in [0.25, 0.3) is 11.8 Å². The normalized spacial score (nSPS) is 11.4. The molecule has 1 heterocycles. The number of likely N-dealkylation sites (N-methyl/N-ethyl adjacent to an activating group) is 1. The van der Waals surface area contributed by atoms with E-state index in [2.05, 4.69) is 5.32 Å². The van der Waals surface area contributed by atoms with Crippen molar-refractivity contribution in [3.05, 3.63) is 95.9 Å². The maximum Gasteiger partial charge on any atom is 0.329 e. The van der Waals surface area contributed by atoms with Crippen molar-refractivity contribution in [2.45, 2.75) is 19.0 Å². The molecule has 0 aliphatic rings. The Morgan fingerprint density at radius 3 is 2.19 bits per heavy atom. The standard InChI is InChI=1S/C24H24N2O5/c1-26(16-19-11-6-3-7-12-19)22(27)17-31-24(29)20(15-18-9-4-2-5-10-18)25-23(28)21-13-8-14-30-21/h2-14,20H,15-17H2,1H3,(H,25,28)/t20-/m0/s1. The zero-order chi connectivity index (χ0) is 22.1. The Balaban J connectivity index is 1.60. The van der Waals surface area contributed by atoms with Gasteiger partial charge in [-0.1, -0.05) is 60.7 Å². The van der Waals surface area contributed by atoms with Crippen LogP contribution in [0.5, 0.6) is 0 Å². The fraction of sp³-hybridized carbons (Fsp3) is 0.208. The van der Waals surface area contributed by atoms with Crippen LogP contribution in [0.3, 0.4) is 0 Å². The topological polar surface area (TPSA) is 88.9 Å². The molecule has 1 aromatic heterocycles. The predicted molar refractivity (Wildman–Crippen MR) is 114 cm³/mol. The Hall–Kier alpha value is -3.87. The van der Waals surface area contributed by atoms with Crippen molar-refractivity contribution in [3.63, 3.8) is 0 Å². The van der Waals surface area contributed by atoms with Gasteiger partial charge in [0.1, 0.15) is 6.04 Å². The van der Waals surface area contributed by atoms with Crippen LogP contribution in [-0.4, -0.2) is 42.4 Å². The van der Waals surface area contributed by atoms with Crippen LogP contribution in [0.4, 0.5) is 0 Å². The van der Waals surface area contributed by atoms with Crippen molar-refractivity contribution < 1.29 is 23.5 Å². The van der Waals surface area contributed by atoms with Gasteiger partial charge in [-0.05, 0) is 23.3 Å². The SMILES string of the molecule is CN(Cc1ccccc1)C(=O)COC(=O)[C@H](Cc1ccccc1)NC(=O)c1ccco1. The van der Waals surface area contributed by atoms with Gasteiger partial charge in [-0.2, -0.15) is 0 Å². The number of carbonyl (C=O) groups excluding carboxylic acids is 3. The highest BCUT2D eigenvalue weighted by Crippen LogP contribution is 2.08. The van der Waals surface area contributed by atoms with Crippen LogP contribution in [0.1, 0.15) is 21.7 Å². The molecule has 3 rings (SSSR count). The lowest BCUT2D eigenvalue weighted by molar-refractivity contribution is -0.153. The number of rotatable bonds is 9. The molecule has 0 radical (unpaired) electrons. The van der Waals surface area contributed by atoms with Gasteiger partial charge >= 0.3 is 5.97 Å². The first-order valence-corrected chi connectivity index (χ1v) is 9.86. The Kier molecular flexibility index (Phi) is 7.59. The summed E-state index contributed by atoms with van der Waals surface area (Å²) in [6.45, 7) is -0.00994. The first-order chi connectivity index (χ1) is 15.0. The van der Waals surface area contributed by atoms with Crippen LogP contribution < -0.4 is 5.32 Å². The highest BCUT2D eigenvalue weighted by molar-refractivity contribution is 5.94. The largest absolute Gasteiger partial charge is 0.459 e. The number of carbonyl (C=O) groups is 3. The molecule has 7 nitrogen and oxygen atoms in total. The van der Waals surface area contributed by atoms with E-state index in [0.29, 0.717) is 6.54 Å². The average Bonchev–Trinajstić information content (AvgIpc) is 3.33. The number of nitrogens with one attached hydrogen (secondary N) is 1. The smallest absolute Gasteiger partial charge is 0.329 e. The van der Waals surface area contributed by atoms with Crippen molar-refractivity contribution in [1.29, 1.82) is 0 Å². The lowest BCUT2D eigenvalue weighted by atomic mass is 10.1. The maximum absolute atomic E-state index is 12.7. The highest BCUT2D eigenvalue weighted by atomic mass is 16.5. The van der Waals surface area contributed by atoms with Gasteiger partial charge in [0.05, 0.1) is 6.26 Å². The van der Waals surface area contributed by atoms with Crippen molar-refractivity contribution >= 4 is 17.8 Å². The van der Waals surface area contributed by atoms with Gasteiger partial charge in [0, 0.05) is 20.0 Å². The Bertz CT molecular complexity index is 987. The summed E-state index contributed by atoms with van der Waals surface area (Å²) in [5.41, 5.74) is 1.81. The Labute approximate surface area is 180 Å². The lowest BCUT2D eigenvalue weighted by Crippen LogP contribution is -2.44. The van der Waals surface area contributed by atoms with Gasteiger partial charge < -0.3 is 19.4 Å². The van der Waals surface area contributed by atoms with E-state index in [-0.39, 0.29) is 18.1 Å². The molecule has 0 aliphatic heterocycles. The minimum Gasteiger partial charge on any atom is -0.459 e. The summed E-state index contributed by atoms with van der Waals surface area (Å²) in [7, 11) is 1.64. The Morgan fingerprint density at radius 1 is 0.935 bits per heavy atom. The van der Waals surface area contributed by atoms with Crippen molar-refractivity contribution in [1.82, 2.24) is 10.2 Å². The fourth-order valence-corrected chi connectivity index (χ4v) is 2.97. The number of benzene rings is 2. The first kappa shape index (κ1) is 21.8. The molecule has 160 valence electrons. The molecule has 1 atom stereocenters. The number of hydrogen-bond acceptors (Lipinski definition) is 5. The second-order valence-corrected chi connectivity index (χ2v) is 7.04. The summed E-state index contributed by atoms with van der Waals surface area (Å²) in [6.07, 6.45) is 1.60. The van der Waals surface area contributed by atoms with E-state index in [1.54, 1.807) is 13.1 Å². The van der Waals surface area contributed by atoms with Crippen molar-refractivity contribution in [3.8, 4) is 0 Å². The Morgan fingerprint density at radius 2 is 1.58 bits per heavy atom. The van der Waals surface area contributed by atoms with Crippen LogP contribution in [-0.2, 0) is 27.3 Å². The maximum atomic E-state index is 12.7. The molecular weight excluding hydrogens is 396 g/mol. The summed E-state index contributed by atoms with van der Waals surface area (Å²) in [6, 6.07) is 20.9. The predicted octanol–water partition coefficient (Wildman–Crippen LogP) is 2.82. The third-order valence-electron chi connectivity index (χ3n) is 4.64. The van der Waals surface area contributed by atoms with Gasteiger partial charge in [0.2, 0.25) is 0 Å². The van der Waals surface area contributed by atoms with Crippen LogP contribution in [0.2, 0.25) is 0 Å². The molecule has 0 unspecified atom stereocenters. The zero-order valence-corrected chi connectivity index (χ0v) is 17.2. The van der Waals surface area contributed by atoms with Gasteiger partial charge in [-0.15, -0.1) is 0 Å². The minimum absolute atomic E-state index is 0.0875. The molecule has 0 aliphatic carbocycles. The molecular formula is C24H24N2O5. The van der Waals surface area contributed by atoms with E-state index >= 15 is 0 Å². The molecule has 2 amide bonds. The summed E-state index contributed by atoms with van der Waals surface area (Å²) < 4.78 is 10.3. The van der Waals surface area contributed by atoms with Crippen LogP contribution in [0.25, 0.3) is 0 Å². The molecule has 31 heavy (non-hydrogen) atoms. The van der Waals surface area contributed by atoms with Crippen LogP contribution in [0, 0.1) is 0 Å². The molecule has 2 aromatic carbocycles. The third-order valence-corrected chi connectivity index (χ3v) is 4.64. The summed E-state index contributed by atoms with van der Waals surface area (Å²) in [5, 5.41) is 2.63. The number of ether oxygens (including phenoxy) is 1. The van der Waals surface area contributed by atoms with Gasteiger partial charge in [0.15, 0.2) is 12.4 Å². The van der Waals surface area contributed by atoms with E-state index in [4.69, 9.17) is 9.15 Å². The average molecular weight is 420 g/mol. The molecule has 0 bridgehead atoms. The molecule has 1 N–H and O–H groups in total. The molecule has 0 saturated heterocycles. The number of nitrogens with zero attached hydrogens (tertiary/aromatic N) is 1. The molecule has 7 heteroatoms. The molecule has 0 fully saturated rings. The number of furan rings is 1. The summed E-state index contributed by atoms with van der Waals surface area (Å²) >= 11 is 0. The number of hydrogen-bond donors (Lipinski definition) is 1.